The van der Waals surface area contributed by atoms with E-state index in [0.717, 1.165) is 22.3 Å². The van der Waals surface area contributed by atoms with Gasteiger partial charge in [0, 0.05) is 18.5 Å². The molecule has 0 aromatic heterocycles. The maximum absolute atomic E-state index is 12.3. The molecule has 1 aliphatic rings. The molecule has 0 bridgehead atoms. The summed E-state index contributed by atoms with van der Waals surface area (Å²) in [4.78, 5) is 22.9. The first-order valence-electron chi connectivity index (χ1n) is 10.6. The summed E-state index contributed by atoms with van der Waals surface area (Å²) >= 11 is 0. The lowest BCUT2D eigenvalue weighted by Crippen LogP contribution is -2.36. The van der Waals surface area contributed by atoms with E-state index in [0.29, 0.717) is 5.56 Å². The molecule has 1 aliphatic carbocycles. The number of hydrogen-bond acceptors (Lipinski definition) is 6. The van der Waals surface area contributed by atoms with Crippen LogP contribution >= 0.6 is 0 Å². The third-order valence-corrected chi connectivity index (χ3v) is 5.86. The Morgan fingerprint density at radius 3 is 2.27 bits per heavy atom. The second kappa shape index (κ2) is 9.40. The van der Waals surface area contributed by atoms with Crippen molar-refractivity contribution in [3.63, 3.8) is 0 Å². The van der Waals surface area contributed by atoms with Gasteiger partial charge < -0.3 is 20.3 Å². The molecule has 3 N–H and O–H groups in total. The van der Waals surface area contributed by atoms with Crippen LogP contribution in [0.1, 0.15) is 34.3 Å². The number of nitrogens with zero attached hydrogens (tertiary/aromatic N) is 1. The van der Waals surface area contributed by atoms with E-state index in [-0.39, 0.29) is 30.3 Å². The van der Waals surface area contributed by atoms with Crippen LogP contribution in [0.4, 0.5) is 10.5 Å². The number of nitro benzene ring substituents is 1. The van der Waals surface area contributed by atoms with Crippen molar-refractivity contribution in [2.75, 3.05) is 13.2 Å². The van der Waals surface area contributed by atoms with Crippen LogP contribution in [0.25, 0.3) is 11.1 Å². The Labute approximate surface area is 190 Å². The quantitative estimate of drug-likeness (QED) is 0.373. The zero-order chi connectivity index (χ0) is 23.5. The number of nitro groups is 1. The molecule has 3 aromatic carbocycles. The number of nitrogens with one attached hydrogen (secondary N) is 1. The highest BCUT2D eigenvalue weighted by Gasteiger charge is 2.30. The van der Waals surface area contributed by atoms with E-state index < -0.39 is 23.2 Å². The number of amides is 1. The maximum Gasteiger partial charge on any atom is 0.407 e. The van der Waals surface area contributed by atoms with Crippen LogP contribution in [0.15, 0.2) is 66.7 Å². The fraction of sp³-hybridized carbons (Fsp3) is 0.240. The number of aliphatic hydroxyl groups excluding tert-OH is 2. The summed E-state index contributed by atoms with van der Waals surface area (Å²) < 4.78 is 5.40. The van der Waals surface area contributed by atoms with Gasteiger partial charge >= 0.3 is 6.09 Å². The molecule has 0 radical (unpaired) electrons. The molecule has 8 heteroatoms. The van der Waals surface area contributed by atoms with Crippen molar-refractivity contribution in [1.82, 2.24) is 5.32 Å². The van der Waals surface area contributed by atoms with Crippen LogP contribution in [-0.2, 0) is 4.74 Å². The van der Waals surface area contributed by atoms with Crippen molar-refractivity contribution in [2.24, 2.45) is 0 Å². The lowest BCUT2D eigenvalue weighted by molar-refractivity contribution is -0.386. The fourth-order valence-electron chi connectivity index (χ4n) is 4.22. The van der Waals surface area contributed by atoms with Gasteiger partial charge in [0.05, 0.1) is 10.5 Å². The van der Waals surface area contributed by atoms with Crippen LogP contribution in [0, 0.1) is 17.0 Å². The van der Waals surface area contributed by atoms with Gasteiger partial charge in [-0.25, -0.2) is 4.79 Å². The van der Waals surface area contributed by atoms with Crippen molar-refractivity contribution in [2.45, 2.75) is 25.0 Å². The third-order valence-electron chi connectivity index (χ3n) is 5.86. The molecule has 0 saturated heterocycles. The lowest BCUT2D eigenvalue weighted by Gasteiger charge is -2.19. The molecule has 0 saturated carbocycles. The van der Waals surface area contributed by atoms with Gasteiger partial charge in [-0.1, -0.05) is 54.6 Å². The number of aliphatic hydroxyl groups is 2. The minimum atomic E-state index is -1.54. The second-order valence-electron chi connectivity index (χ2n) is 8.04. The van der Waals surface area contributed by atoms with Crippen LogP contribution in [0.3, 0.4) is 0 Å². The third kappa shape index (κ3) is 4.57. The van der Waals surface area contributed by atoms with Crippen LogP contribution in [0.2, 0.25) is 0 Å². The predicted molar refractivity (Wildman–Crippen MR) is 122 cm³/mol. The molecule has 170 valence electrons. The summed E-state index contributed by atoms with van der Waals surface area (Å²) in [5.41, 5.74) is 4.72. The van der Waals surface area contributed by atoms with Gasteiger partial charge in [-0.3, -0.25) is 10.1 Å². The van der Waals surface area contributed by atoms with E-state index in [1.54, 1.807) is 13.0 Å². The molecule has 2 atom stereocenters. The average Bonchev–Trinajstić information content (AvgIpc) is 3.14. The summed E-state index contributed by atoms with van der Waals surface area (Å²) in [7, 11) is 0. The summed E-state index contributed by atoms with van der Waals surface area (Å²) in [6.07, 6.45) is -3.74. The van der Waals surface area contributed by atoms with Crippen molar-refractivity contribution < 1.29 is 24.7 Å². The molecular formula is C25H24N2O6. The zero-order valence-electron chi connectivity index (χ0n) is 18.0. The number of ether oxygens (including phenoxy) is 1. The minimum Gasteiger partial charge on any atom is -0.449 e. The van der Waals surface area contributed by atoms with Crippen LogP contribution in [-0.4, -0.2) is 40.5 Å². The maximum atomic E-state index is 12.3. The smallest absolute Gasteiger partial charge is 0.407 e. The first kappa shape index (κ1) is 22.4. The normalized spacial score (nSPS) is 14.2. The highest BCUT2D eigenvalue weighted by atomic mass is 16.6. The topological polar surface area (TPSA) is 122 Å². The van der Waals surface area contributed by atoms with Gasteiger partial charge in [0.15, 0.2) is 0 Å². The Morgan fingerprint density at radius 2 is 1.67 bits per heavy atom. The Kier molecular flexibility index (Phi) is 6.39. The zero-order valence-corrected chi connectivity index (χ0v) is 18.0. The highest BCUT2D eigenvalue weighted by Crippen LogP contribution is 2.44. The van der Waals surface area contributed by atoms with Crippen LogP contribution < -0.4 is 5.32 Å². The largest absolute Gasteiger partial charge is 0.449 e. The molecule has 2 unspecified atom stereocenters. The molecule has 33 heavy (non-hydrogen) atoms. The summed E-state index contributed by atoms with van der Waals surface area (Å²) in [5.74, 6) is -0.103. The molecule has 0 aliphatic heterocycles. The molecule has 0 spiro atoms. The lowest BCUT2D eigenvalue weighted by atomic mass is 9.98. The predicted octanol–water partition coefficient (Wildman–Crippen LogP) is 3.84. The van der Waals surface area contributed by atoms with Gasteiger partial charge in [-0.2, -0.15) is 0 Å². The molecule has 4 rings (SSSR count). The van der Waals surface area contributed by atoms with Gasteiger partial charge in [0.1, 0.15) is 18.8 Å². The van der Waals surface area contributed by atoms with E-state index in [9.17, 15) is 25.1 Å². The fourth-order valence-corrected chi connectivity index (χ4v) is 4.22. The van der Waals surface area contributed by atoms with Crippen molar-refractivity contribution in [3.8, 4) is 11.1 Å². The van der Waals surface area contributed by atoms with E-state index in [1.165, 1.54) is 12.1 Å². The Morgan fingerprint density at radius 1 is 1.06 bits per heavy atom. The number of carbonyl (C=O) groups excluding carboxylic acids is 1. The molecule has 0 heterocycles. The number of aryl methyl sites for hydroxylation is 1. The van der Waals surface area contributed by atoms with E-state index in [2.05, 4.69) is 5.32 Å². The van der Waals surface area contributed by atoms with E-state index >= 15 is 0 Å². The van der Waals surface area contributed by atoms with Crippen molar-refractivity contribution in [1.29, 1.82) is 0 Å². The van der Waals surface area contributed by atoms with E-state index in [4.69, 9.17) is 4.74 Å². The number of benzene rings is 3. The number of carbonyl (C=O) groups is 1. The molecule has 1 amide bonds. The standard InChI is InChI=1S/C25H24N2O6/c1-15-10-11-20(22(12-15)27(31)32)24(29)23(28)13-26-25(30)33-14-21-18-8-4-2-6-16(18)17-7-3-5-9-19(17)21/h2-12,21,23-24,28-29H,13-14H2,1H3,(H,26,30). The van der Waals surface area contributed by atoms with Gasteiger partial charge in [-0.15, -0.1) is 0 Å². The van der Waals surface area contributed by atoms with Gasteiger partial charge in [0.25, 0.3) is 5.69 Å². The number of rotatable bonds is 7. The minimum absolute atomic E-state index is 0.0209. The Balaban J connectivity index is 1.36. The number of fused-ring (bicyclic) bond motifs is 3. The Bertz CT molecular complexity index is 1150. The van der Waals surface area contributed by atoms with Crippen molar-refractivity contribution in [3.05, 3.63) is 99.1 Å². The summed E-state index contributed by atoms with van der Waals surface area (Å²) in [6.45, 7) is 1.48. The van der Waals surface area contributed by atoms with E-state index in [1.807, 2.05) is 48.5 Å². The van der Waals surface area contributed by atoms with Gasteiger partial charge in [-0.05, 0) is 40.8 Å². The van der Waals surface area contributed by atoms with Crippen LogP contribution in [0.5, 0.6) is 0 Å². The Hall–Kier alpha value is -3.75. The monoisotopic (exact) mass is 448 g/mol. The molecule has 0 fully saturated rings. The molecular weight excluding hydrogens is 424 g/mol. The van der Waals surface area contributed by atoms with Gasteiger partial charge in [0.2, 0.25) is 0 Å². The SMILES string of the molecule is Cc1ccc(C(O)C(O)CNC(=O)OCC2c3ccccc3-c3ccccc32)c([N+](=O)[O-])c1. The summed E-state index contributed by atoms with van der Waals surface area (Å²) in [6, 6.07) is 20.3. The summed E-state index contributed by atoms with van der Waals surface area (Å²) in [5, 5.41) is 34.4. The molecule has 8 nitrogen and oxygen atoms in total. The second-order valence-corrected chi connectivity index (χ2v) is 8.04. The first-order valence-corrected chi connectivity index (χ1v) is 10.6. The number of alkyl carbamates (subject to hydrolysis) is 1. The van der Waals surface area contributed by atoms with Crippen molar-refractivity contribution >= 4 is 11.8 Å². The number of hydrogen-bond donors (Lipinski definition) is 3. The molecule has 3 aromatic rings. The first-order chi connectivity index (χ1) is 15.9. The average molecular weight is 448 g/mol. The highest BCUT2D eigenvalue weighted by molar-refractivity contribution is 5.79.